The van der Waals surface area contributed by atoms with E-state index in [1.165, 1.54) is 119 Å². The SMILES string of the molecule is Cp1c2ccccc2c2c(-c3cccc4c(-c5cccc6c5C(C)(C)c5ccccc5-6)c5cccc(-c6cccc7c6c6ccccc6p7C)c5cc34)cccc21. The summed E-state index contributed by atoms with van der Waals surface area (Å²) >= 11 is 0. The first-order valence-corrected chi connectivity index (χ1v) is 23.6. The molecule has 270 valence electrons. The molecule has 0 saturated carbocycles. The van der Waals surface area contributed by atoms with Gasteiger partial charge in [-0.3, -0.25) is 0 Å². The fourth-order valence-electron chi connectivity index (χ4n) is 10.9. The van der Waals surface area contributed by atoms with Crippen LogP contribution in [-0.2, 0) is 18.7 Å². The van der Waals surface area contributed by atoms with E-state index in [2.05, 4.69) is 197 Å². The molecule has 0 radical (unpaired) electrons. The summed E-state index contributed by atoms with van der Waals surface area (Å²) in [6, 6.07) is 65.1. The van der Waals surface area contributed by atoms with Crippen molar-refractivity contribution in [1.29, 1.82) is 0 Å². The summed E-state index contributed by atoms with van der Waals surface area (Å²) in [6.45, 7) is 9.71. The Hall–Kier alpha value is -5.90. The molecular formula is C55H40P2. The van der Waals surface area contributed by atoms with E-state index < -0.39 is 15.1 Å². The van der Waals surface area contributed by atoms with Crippen LogP contribution in [0.2, 0.25) is 0 Å². The summed E-state index contributed by atoms with van der Waals surface area (Å²) in [4.78, 5) is 0. The minimum Gasteiger partial charge on any atom is -0.112 e. The number of fused-ring (bicyclic) bond motifs is 11. The Morgan fingerprint density at radius 1 is 0.333 bits per heavy atom. The standard InChI is InChI=1S/C55H40P2/c1-55(2)46-27-8-5-16-35(46)40-25-13-26-43(54(40)55)51-38-21-11-19-33(36-23-14-30-49-52(36)41-17-6-9-28-47(41)56(49)3)44(38)32-45-34(20-12-22-39(45)51)37-24-15-31-50-53(37)42-18-7-10-29-48(42)57(50)4/h5-32H,1-4H3. The fourth-order valence-corrected chi connectivity index (χ4v) is 14.9. The highest BCUT2D eigenvalue weighted by molar-refractivity contribution is 7.60. The molecule has 0 amide bonds. The predicted octanol–water partition coefficient (Wildman–Crippen LogP) is 17.0. The van der Waals surface area contributed by atoms with Gasteiger partial charge in [0.2, 0.25) is 0 Å². The van der Waals surface area contributed by atoms with Crippen LogP contribution in [0.5, 0.6) is 0 Å². The molecule has 2 heterocycles. The monoisotopic (exact) mass is 762 g/mol. The van der Waals surface area contributed by atoms with Crippen molar-refractivity contribution in [2.45, 2.75) is 19.3 Å². The number of benzene rings is 9. The molecule has 1 aliphatic rings. The Bertz CT molecular complexity index is 3340. The third-order valence-electron chi connectivity index (χ3n) is 13.3. The van der Waals surface area contributed by atoms with E-state index in [1.54, 1.807) is 0 Å². The molecule has 11 aromatic rings. The topological polar surface area (TPSA) is 0 Å². The van der Waals surface area contributed by atoms with Crippen molar-refractivity contribution in [2.24, 2.45) is 13.3 Å². The lowest BCUT2D eigenvalue weighted by Crippen LogP contribution is -2.16. The van der Waals surface area contributed by atoms with Gasteiger partial charge in [0.15, 0.2) is 0 Å². The van der Waals surface area contributed by atoms with Crippen LogP contribution in [0.3, 0.4) is 0 Å². The molecule has 0 spiro atoms. The van der Waals surface area contributed by atoms with Crippen molar-refractivity contribution in [3.63, 3.8) is 0 Å². The second-order valence-corrected chi connectivity index (χ2v) is 20.7. The summed E-state index contributed by atoms with van der Waals surface area (Å²) in [5.74, 6) is 0. The third-order valence-corrected chi connectivity index (χ3v) is 17.8. The van der Waals surface area contributed by atoms with Crippen LogP contribution in [0.15, 0.2) is 170 Å². The quantitative estimate of drug-likeness (QED) is 0.157. The molecule has 2 atom stereocenters. The van der Waals surface area contributed by atoms with Gasteiger partial charge in [0.05, 0.1) is 0 Å². The first kappa shape index (κ1) is 33.3. The second-order valence-electron chi connectivity index (χ2n) is 16.5. The van der Waals surface area contributed by atoms with Gasteiger partial charge in [-0.15, -0.1) is 15.1 Å². The van der Waals surface area contributed by atoms with Gasteiger partial charge in [-0.25, -0.2) is 0 Å². The number of rotatable bonds is 3. The van der Waals surface area contributed by atoms with Crippen LogP contribution in [0.1, 0.15) is 25.0 Å². The van der Waals surface area contributed by atoms with Crippen LogP contribution in [0, 0.1) is 0 Å². The van der Waals surface area contributed by atoms with E-state index in [-0.39, 0.29) is 5.41 Å². The maximum Gasteiger partial charge on any atom is 0.0165 e. The highest BCUT2D eigenvalue weighted by Crippen LogP contribution is 2.56. The van der Waals surface area contributed by atoms with Crippen LogP contribution >= 0.6 is 15.1 Å². The van der Waals surface area contributed by atoms with E-state index in [0.717, 1.165) is 0 Å². The largest absolute Gasteiger partial charge is 0.112 e. The molecule has 0 saturated heterocycles. The molecule has 0 bridgehead atoms. The molecule has 0 aliphatic heterocycles. The maximum atomic E-state index is 2.55. The third kappa shape index (κ3) is 4.47. The molecule has 2 heteroatoms. The molecule has 0 N–H and O–H groups in total. The summed E-state index contributed by atoms with van der Waals surface area (Å²) in [6.07, 6.45) is 0. The smallest absolute Gasteiger partial charge is 0.0165 e. The van der Waals surface area contributed by atoms with Crippen LogP contribution in [0.4, 0.5) is 0 Å². The molecule has 2 aromatic heterocycles. The van der Waals surface area contributed by atoms with Crippen molar-refractivity contribution in [3.05, 3.63) is 181 Å². The Labute approximate surface area is 335 Å². The van der Waals surface area contributed by atoms with Crippen molar-refractivity contribution in [1.82, 2.24) is 0 Å². The minimum atomic E-state index is -0.416. The van der Waals surface area contributed by atoms with E-state index >= 15 is 0 Å². The second kappa shape index (κ2) is 12.1. The van der Waals surface area contributed by atoms with Crippen LogP contribution < -0.4 is 0 Å². The summed E-state index contributed by atoms with van der Waals surface area (Å²) < 4.78 is 0. The Balaban J connectivity index is 1.26. The zero-order valence-corrected chi connectivity index (χ0v) is 34.3. The zero-order valence-electron chi connectivity index (χ0n) is 32.6. The Morgan fingerprint density at radius 3 is 1.33 bits per heavy atom. The normalized spacial score (nSPS) is 14.0. The summed E-state index contributed by atoms with van der Waals surface area (Å²) in [5, 5.41) is 16.8. The molecule has 12 rings (SSSR count). The van der Waals surface area contributed by atoms with Crippen molar-refractivity contribution in [3.8, 4) is 44.5 Å². The van der Waals surface area contributed by atoms with E-state index in [4.69, 9.17) is 0 Å². The van der Waals surface area contributed by atoms with Crippen molar-refractivity contribution in [2.75, 3.05) is 0 Å². The molecule has 9 aromatic carbocycles. The summed E-state index contributed by atoms with van der Waals surface area (Å²) in [5.41, 5.74) is 13.3. The van der Waals surface area contributed by atoms with Crippen molar-refractivity contribution < 1.29 is 0 Å². The first-order chi connectivity index (χ1) is 27.9. The molecular weight excluding hydrogens is 723 g/mol. The maximum absolute atomic E-state index is 2.55. The number of hydrogen-bond acceptors (Lipinski definition) is 0. The lowest BCUT2D eigenvalue weighted by atomic mass is 9.77. The Morgan fingerprint density at radius 2 is 0.737 bits per heavy atom. The fraction of sp³-hybridized carbons (Fsp3) is 0.0909. The first-order valence-electron chi connectivity index (χ1n) is 20.1. The highest BCUT2D eigenvalue weighted by Gasteiger charge is 2.38. The minimum absolute atomic E-state index is 0.156. The van der Waals surface area contributed by atoms with Gasteiger partial charge in [0.25, 0.3) is 0 Å². The average Bonchev–Trinajstić information content (AvgIpc) is 3.81. The molecule has 0 nitrogen and oxygen atoms in total. The van der Waals surface area contributed by atoms with Gasteiger partial charge < -0.3 is 0 Å². The average molecular weight is 763 g/mol. The zero-order chi connectivity index (χ0) is 38.2. The Kier molecular flexibility index (Phi) is 7.03. The molecule has 57 heavy (non-hydrogen) atoms. The van der Waals surface area contributed by atoms with E-state index in [9.17, 15) is 0 Å². The molecule has 0 fully saturated rings. The van der Waals surface area contributed by atoms with Crippen LogP contribution in [0.25, 0.3) is 108 Å². The van der Waals surface area contributed by atoms with Crippen LogP contribution in [-0.4, -0.2) is 0 Å². The van der Waals surface area contributed by atoms with E-state index in [1.807, 2.05) is 0 Å². The van der Waals surface area contributed by atoms with Gasteiger partial charge >= 0.3 is 0 Å². The summed E-state index contributed by atoms with van der Waals surface area (Å²) in [7, 11) is -0.832. The van der Waals surface area contributed by atoms with Crippen molar-refractivity contribution >= 4 is 78.6 Å². The van der Waals surface area contributed by atoms with Gasteiger partial charge in [-0.2, -0.15) is 0 Å². The lowest BCUT2D eigenvalue weighted by Gasteiger charge is -2.26. The predicted molar refractivity (Wildman–Crippen MR) is 253 cm³/mol. The van der Waals surface area contributed by atoms with Gasteiger partial charge in [-0.05, 0) is 107 Å². The van der Waals surface area contributed by atoms with Gasteiger partial charge in [0, 0.05) is 36.7 Å². The number of aryl methyl sites for hydroxylation is 2. The highest BCUT2D eigenvalue weighted by atomic mass is 31.1. The molecule has 2 unspecified atom stereocenters. The van der Waals surface area contributed by atoms with Gasteiger partial charge in [0.1, 0.15) is 0 Å². The number of hydrogen-bond donors (Lipinski definition) is 0. The van der Waals surface area contributed by atoms with E-state index in [0.29, 0.717) is 0 Å². The van der Waals surface area contributed by atoms with Gasteiger partial charge in [-0.1, -0.05) is 178 Å². The lowest BCUT2D eigenvalue weighted by molar-refractivity contribution is 0.662. The molecule has 1 aliphatic carbocycles.